The van der Waals surface area contributed by atoms with Gasteiger partial charge >= 0.3 is 0 Å². The van der Waals surface area contributed by atoms with Crippen LogP contribution < -0.4 is 10.6 Å². The second kappa shape index (κ2) is 8.55. The SMILES string of the molecule is CC(C)(C)c1ccccc1N/C=C(/C#N)C(=O)Nc1ccc(Cl)c([N+](=O)[O-])c1. The van der Waals surface area contributed by atoms with E-state index in [-0.39, 0.29) is 27.4 Å². The molecule has 1 amide bonds. The molecular weight excluding hydrogens is 380 g/mol. The Morgan fingerprint density at radius 3 is 2.54 bits per heavy atom. The number of para-hydroxylation sites is 1. The Bertz CT molecular complexity index is 988. The Labute approximate surface area is 167 Å². The van der Waals surface area contributed by atoms with E-state index in [1.165, 1.54) is 18.3 Å². The van der Waals surface area contributed by atoms with E-state index >= 15 is 0 Å². The maximum Gasteiger partial charge on any atom is 0.289 e. The predicted octanol–water partition coefficient (Wildman–Crippen LogP) is 5.00. The molecule has 0 saturated carbocycles. The van der Waals surface area contributed by atoms with E-state index in [2.05, 4.69) is 31.4 Å². The number of nitro groups is 1. The third-order valence-corrected chi connectivity index (χ3v) is 4.19. The maximum absolute atomic E-state index is 12.4. The zero-order valence-electron chi connectivity index (χ0n) is 15.6. The molecule has 2 aromatic carbocycles. The first-order valence-electron chi connectivity index (χ1n) is 8.35. The Hall–Kier alpha value is -3.37. The van der Waals surface area contributed by atoms with Gasteiger partial charge in [0.15, 0.2) is 0 Å². The summed E-state index contributed by atoms with van der Waals surface area (Å²) in [5.41, 5.74) is 1.32. The number of hydrogen-bond acceptors (Lipinski definition) is 5. The fraction of sp³-hybridized carbons (Fsp3) is 0.200. The highest BCUT2D eigenvalue weighted by atomic mass is 35.5. The fourth-order valence-electron chi connectivity index (χ4n) is 2.49. The van der Waals surface area contributed by atoms with Crippen molar-refractivity contribution in [3.05, 3.63) is 74.9 Å². The van der Waals surface area contributed by atoms with Crippen LogP contribution in [0.3, 0.4) is 0 Å². The van der Waals surface area contributed by atoms with Crippen LogP contribution in [0.5, 0.6) is 0 Å². The lowest BCUT2D eigenvalue weighted by molar-refractivity contribution is -0.384. The molecule has 0 bridgehead atoms. The zero-order valence-corrected chi connectivity index (χ0v) is 16.4. The Morgan fingerprint density at radius 1 is 1.25 bits per heavy atom. The highest BCUT2D eigenvalue weighted by molar-refractivity contribution is 6.32. The summed E-state index contributed by atoms with van der Waals surface area (Å²) in [5.74, 6) is -0.695. The quantitative estimate of drug-likeness (QED) is 0.318. The molecule has 0 aliphatic carbocycles. The summed E-state index contributed by atoms with van der Waals surface area (Å²) in [6.45, 7) is 6.17. The average molecular weight is 399 g/mol. The molecule has 0 heterocycles. The third kappa shape index (κ3) is 5.09. The smallest absolute Gasteiger partial charge is 0.289 e. The number of nitro benzene ring substituents is 1. The number of carbonyl (C=O) groups excluding carboxylic acids is 1. The molecule has 144 valence electrons. The Balaban J connectivity index is 2.23. The standard InChI is InChI=1S/C20H19ClN4O3/c1-20(2,3)15-6-4-5-7-17(15)23-12-13(11-22)19(26)24-14-8-9-16(21)18(10-14)25(27)28/h4-10,12,23H,1-3H3,(H,24,26)/b13-12-. The molecule has 8 heteroatoms. The molecule has 0 atom stereocenters. The van der Waals surface area contributed by atoms with Crippen LogP contribution >= 0.6 is 11.6 Å². The lowest BCUT2D eigenvalue weighted by Gasteiger charge is -2.22. The summed E-state index contributed by atoms with van der Waals surface area (Å²) >= 11 is 5.76. The van der Waals surface area contributed by atoms with Crippen LogP contribution in [0.25, 0.3) is 0 Å². The summed E-state index contributed by atoms with van der Waals surface area (Å²) in [4.78, 5) is 22.7. The highest BCUT2D eigenvalue weighted by Crippen LogP contribution is 2.30. The van der Waals surface area contributed by atoms with Crippen molar-refractivity contribution in [1.29, 1.82) is 5.26 Å². The largest absolute Gasteiger partial charge is 0.360 e. The minimum absolute atomic E-state index is 0.0421. The van der Waals surface area contributed by atoms with E-state index in [4.69, 9.17) is 11.6 Å². The van der Waals surface area contributed by atoms with Gasteiger partial charge in [-0.1, -0.05) is 50.6 Å². The van der Waals surface area contributed by atoms with Gasteiger partial charge in [0.25, 0.3) is 11.6 Å². The molecule has 0 aromatic heterocycles. The fourth-order valence-corrected chi connectivity index (χ4v) is 2.68. The van der Waals surface area contributed by atoms with Gasteiger partial charge in [-0.25, -0.2) is 0 Å². The topological polar surface area (TPSA) is 108 Å². The van der Waals surface area contributed by atoms with Crippen molar-refractivity contribution >= 4 is 34.6 Å². The maximum atomic E-state index is 12.4. The Morgan fingerprint density at radius 2 is 1.93 bits per heavy atom. The van der Waals surface area contributed by atoms with Gasteiger partial charge in [0.1, 0.15) is 16.7 Å². The number of halogens is 1. The van der Waals surface area contributed by atoms with Gasteiger partial charge in [-0.3, -0.25) is 14.9 Å². The van der Waals surface area contributed by atoms with Crippen molar-refractivity contribution in [3.63, 3.8) is 0 Å². The van der Waals surface area contributed by atoms with Crippen LogP contribution in [0, 0.1) is 21.4 Å². The summed E-state index contributed by atoms with van der Waals surface area (Å²) in [5, 5.41) is 25.7. The van der Waals surface area contributed by atoms with Gasteiger partial charge in [0.05, 0.1) is 4.92 Å². The molecule has 28 heavy (non-hydrogen) atoms. The van der Waals surface area contributed by atoms with Crippen LogP contribution in [0.4, 0.5) is 17.1 Å². The molecule has 2 rings (SSSR count). The number of hydrogen-bond donors (Lipinski definition) is 2. The van der Waals surface area contributed by atoms with Gasteiger partial charge in [-0.05, 0) is 29.2 Å². The molecule has 0 fully saturated rings. The number of benzene rings is 2. The van der Waals surface area contributed by atoms with Crippen molar-refractivity contribution in [1.82, 2.24) is 0 Å². The number of rotatable bonds is 5. The summed E-state index contributed by atoms with van der Waals surface area (Å²) < 4.78 is 0. The predicted molar refractivity (Wildman–Crippen MR) is 109 cm³/mol. The zero-order chi connectivity index (χ0) is 20.9. The van der Waals surface area contributed by atoms with Crippen molar-refractivity contribution in [2.75, 3.05) is 10.6 Å². The van der Waals surface area contributed by atoms with E-state index in [9.17, 15) is 20.2 Å². The second-order valence-electron chi connectivity index (χ2n) is 6.99. The minimum Gasteiger partial charge on any atom is -0.360 e. The molecule has 2 N–H and O–H groups in total. The first-order chi connectivity index (χ1) is 13.1. The van der Waals surface area contributed by atoms with E-state index in [1.54, 1.807) is 0 Å². The molecule has 0 aliphatic heterocycles. The first kappa shape index (κ1) is 20.9. The summed E-state index contributed by atoms with van der Waals surface area (Å²) in [6, 6.07) is 13.3. The normalized spacial score (nSPS) is 11.5. The van der Waals surface area contributed by atoms with Crippen LogP contribution in [-0.4, -0.2) is 10.8 Å². The minimum atomic E-state index is -0.695. The number of nitriles is 1. The van der Waals surface area contributed by atoms with Gasteiger partial charge in [-0.15, -0.1) is 0 Å². The number of carbonyl (C=O) groups is 1. The van der Waals surface area contributed by atoms with Crippen molar-refractivity contribution in [3.8, 4) is 6.07 Å². The first-order valence-corrected chi connectivity index (χ1v) is 8.73. The van der Waals surface area contributed by atoms with E-state index in [0.717, 1.165) is 17.3 Å². The van der Waals surface area contributed by atoms with Crippen LogP contribution in [-0.2, 0) is 10.2 Å². The molecule has 0 saturated heterocycles. The Kier molecular flexibility index (Phi) is 6.39. The van der Waals surface area contributed by atoms with Crippen LogP contribution in [0.15, 0.2) is 54.2 Å². The lowest BCUT2D eigenvalue weighted by Crippen LogP contribution is -2.16. The number of amides is 1. The van der Waals surface area contributed by atoms with E-state index in [1.807, 2.05) is 30.3 Å². The number of nitrogens with one attached hydrogen (secondary N) is 2. The highest BCUT2D eigenvalue weighted by Gasteiger charge is 2.18. The van der Waals surface area contributed by atoms with Crippen molar-refractivity contribution in [2.24, 2.45) is 0 Å². The molecule has 7 nitrogen and oxygen atoms in total. The molecular formula is C20H19ClN4O3. The summed E-state index contributed by atoms with van der Waals surface area (Å²) in [6.07, 6.45) is 1.31. The second-order valence-corrected chi connectivity index (χ2v) is 7.39. The molecule has 2 aromatic rings. The number of nitrogens with zero attached hydrogens (tertiary/aromatic N) is 2. The van der Waals surface area contributed by atoms with Crippen LogP contribution in [0.1, 0.15) is 26.3 Å². The van der Waals surface area contributed by atoms with Crippen LogP contribution in [0.2, 0.25) is 5.02 Å². The molecule has 0 spiro atoms. The van der Waals surface area contributed by atoms with E-state index in [0.29, 0.717) is 0 Å². The van der Waals surface area contributed by atoms with Crippen molar-refractivity contribution < 1.29 is 9.72 Å². The van der Waals surface area contributed by atoms with Gasteiger partial charge in [-0.2, -0.15) is 5.26 Å². The van der Waals surface area contributed by atoms with E-state index < -0.39 is 10.8 Å². The lowest BCUT2D eigenvalue weighted by atomic mass is 9.86. The molecule has 0 radical (unpaired) electrons. The monoisotopic (exact) mass is 398 g/mol. The van der Waals surface area contributed by atoms with Gasteiger partial charge in [0.2, 0.25) is 0 Å². The average Bonchev–Trinajstić information content (AvgIpc) is 2.63. The third-order valence-electron chi connectivity index (χ3n) is 3.87. The number of anilines is 2. The van der Waals surface area contributed by atoms with Gasteiger partial charge < -0.3 is 10.6 Å². The molecule has 0 unspecified atom stereocenters. The molecule has 0 aliphatic rings. The van der Waals surface area contributed by atoms with Gasteiger partial charge in [0, 0.05) is 23.6 Å². The van der Waals surface area contributed by atoms with Crippen molar-refractivity contribution in [2.45, 2.75) is 26.2 Å². The summed E-state index contributed by atoms with van der Waals surface area (Å²) in [7, 11) is 0.